The minimum atomic E-state index is 0.311. The highest BCUT2D eigenvalue weighted by Gasteiger charge is 2.39. The molecule has 4 rings (SSSR count). The minimum absolute atomic E-state index is 0.311. The van der Waals surface area contributed by atoms with E-state index < -0.39 is 0 Å². The number of aromatic amines is 1. The zero-order chi connectivity index (χ0) is 18.1. The van der Waals surface area contributed by atoms with Crippen molar-refractivity contribution in [3.63, 3.8) is 0 Å². The number of hydrogen-bond acceptors (Lipinski definition) is 4. The van der Waals surface area contributed by atoms with E-state index in [2.05, 4.69) is 26.7 Å². The highest BCUT2D eigenvalue weighted by Crippen LogP contribution is 2.32. The van der Waals surface area contributed by atoms with Gasteiger partial charge in [-0.25, -0.2) is 4.98 Å². The molecule has 140 valence electrons. The molecule has 2 fully saturated rings. The van der Waals surface area contributed by atoms with E-state index in [4.69, 9.17) is 4.42 Å². The number of carbonyl (C=O) groups excluding carboxylic acids is 1. The smallest absolute Gasteiger partial charge is 0.222 e. The molecular formula is C20H28N4O2. The number of hydrogen-bond donors (Lipinski definition) is 1. The molecule has 26 heavy (non-hydrogen) atoms. The maximum Gasteiger partial charge on any atom is 0.222 e. The Kier molecular flexibility index (Phi) is 4.85. The van der Waals surface area contributed by atoms with Crippen molar-refractivity contribution in [1.82, 2.24) is 19.8 Å². The van der Waals surface area contributed by atoms with E-state index in [-0.39, 0.29) is 0 Å². The van der Waals surface area contributed by atoms with Gasteiger partial charge in [0.15, 0.2) is 0 Å². The van der Waals surface area contributed by atoms with Crippen LogP contribution in [0.4, 0.5) is 0 Å². The Labute approximate surface area is 154 Å². The van der Waals surface area contributed by atoms with Crippen molar-refractivity contribution in [3.05, 3.63) is 41.4 Å². The van der Waals surface area contributed by atoms with Crippen molar-refractivity contribution in [2.75, 3.05) is 19.6 Å². The van der Waals surface area contributed by atoms with Crippen molar-refractivity contribution >= 4 is 5.91 Å². The second kappa shape index (κ2) is 7.27. The van der Waals surface area contributed by atoms with Crippen LogP contribution in [-0.2, 0) is 17.8 Å². The fourth-order valence-corrected chi connectivity index (χ4v) is 4.47. The number of H-pyrrole nitrogens is 1. The molecule has 2 atom stereocenters. The Morgan fingerprint density at radius 2 is 2.19 bits per heavy atom. The molecule has 0 unspecified atom stereocenters. The lowest BCUT2D eigenvalue weighted by atomic mass is 9.83. The quantitative estimate of drug-likeness (QED) is 0.894. The molecule has 2 saturated heterocycles. The molecule has 1 N–H and O–H groups in total. The van der Waals surface area contributed by atoms with Gasteiger partial charge in [0.1, 0.15) is 11.5 Å². The highest BCUT2D eigenvalue weighted by molar-refractivity contribution is 5.77. The lowest BCUT2D eigenvalue weighted by Gasteiger charge is -2.47. The molecule has 4 heterocycles. The lowest BCUT2D eigenvalue weighted by molar-refractivity contribution is -0.141. The van der Waals surface area contributed by atoms with Crippen LogP contribution in [0.15, 0.2) is 22.9 Å². The average molecular weight is 356 g/mol. The van der Waals surface area contributed by atoms with Gasteiger partial charge in [-0.3, -0.25) is 9.69 Å². The van der Waals surface area contributed by atoms with Crippen LogP contribution in [0.25, 0.3) is 0 Å². The third-order valence-corrected chi connectivity index (χ3v) is 5.93. The van der Waals surface area contributed by atoms with Gasteiger partial charge in [-0.15, -0.1) is 0 Å². The fraction of sp³-hybridized carbons (Fsp3) is 0.600. The van der Waals surface area contributed by atoms with Crippen LogP contribution >= 0.6 is 0 Å². The zero-order valence-electron chi connectivity index (χ0n) is 15.7. The van der Waals surface area contributed by atoms with Crippen LogP contribution in [0.2, 0.25) is 0 Å². The molecule has 1 amide bonds. The Balaban J connectivity index is 1.38. The molecule has 2 aromatic heterocycles. The van der Waals surface area contributed by atoms with Gasteiger partial charge in [0.05, 0.1) is 12.0 Å². The summed E-state index contributed by atoms with van der Waals surface area (Å²) in [6.45, 7) is 7.79. The molecule has 0 aliphatic carbocycles. The standard InChI is InChI=1S/C20H28N4O2/c1-14-3-5-17(26-14)7-10-24-19-8-9-23(11-16(19)4-6-20(24)25)12-18-15(2)21-13-22-18/h3,5,13,16,19H,4,6-12H2,1-2H3,(H,21,22)/t16-,19+/m0/s1. The lowest BCUT2D eigenvalue weighted by Crippen LogP contribution is -2.56. The number of aryl methyl sites for hydroxylation is 2. The number of carbonyl (C=O) groups is 1. The van der Waals surface area contributed by atoms with Crippen LogP contribution in [0, 0.1) is 19.8 Å². The van der Waals surface area contributed by atoms with Gasteiger partial charge in [0.2, 0.25) is 5.91 Å². The number of likely N-dealkylation sites (tertiary alicyclic amines) is 2. The van der Waals surface area contributed by atoms with Gasteiger partial charge in [-0.2, -0.15) is 0 Å². The fourth-order valence-electron chi connectivity index (χ4n) is 4.47. The second-order valence-electron chi connectivity index (χ2n) is 7.71. The summed E-state index contributed by atoms with van der Waals surface area (Å²) >= 11 is 0. The summed E-state index contributed by atoms with van der Waals surface area (Å²) < 4.78 is 5.68. The average Bonchev–Trinajstić information content (AvgIpc) is 3.22. The highest BCUT2D eigenvalue weighted by atomic mass is 16.3. The molecule has 2 aliphatic rings. The molecule has 0 bridgehead atoms. The third kappa shape index (κ3) is 3.56. The van der Waals surface area contributed by atoms with Crippen LogP contribution in [0.5, 0.6) is 0 Å². The van der Waals surface area contributed by atoms with Gasteiger partial charge in [0, 0.05) is 50.8 Å². The molecule has 0 aromatic carbocycles. The minimum Gasteiger partial charge on any atom is -0.466 e. The molecule has 2 aliphatic heterocycles. The Hall–Kier alpha value is -2.08. The summed E-state index contributed by atoms with van der Waals surface area (Å²) in [5.41, 5.74) is 2.29. The Bertz CT molecular complexity index is 765. The summed E-state index contributed by atoms with van der Waals surface area (Å²) in [5, 5.41) is 0. The van der Waals surface area contributed by atoms with E-state index in [1.54, 1.807) is 6.33 Å². The van der Waals surface area contributed by atoms with Gasteiger partial charge in [-0.05, 0) is 44.7 Å². The van der Waals surface area contributed by atoms with Crippen LogP contribution < -0.4 is 0 Å². The second-order valence-corrected chi connectivity index (χ2v) is 7.71. The molecule has 0 spiro atoms. The maximum absolute atomic E-state index is 12.5. The van der Waals surface area contributed by atoms with Crippen molar-refractivity contribution in [1.29, 1.82) is 0 Å². The van der Waals surface area contributed by atoms with Crippen molar-refractivity contribution < 1.29 is 9.21 Å². The first kappa shape index (κ1) is 17.3. The number of furan rings is 1. The van der Waals surface area contributed by atoms with Gasteiger partial charge >= 0.3 is 0 Å². The summed E-state index contributed by atoms with van der Waals surface area (Å²) in [4.78, 5) is 24.7. The summed E-state index contributed by atoms with van der Waals surface area (Å²) in [6, 6.07) is 4.39. The van der Waals surface area contributed by atoms with E-state index in [0.717, 1.165) is 68.3 Å². The largest absolute Gasteiger partial charge is 0.466 e. The van der Waals surface area contributed by atoms with Crippen LogP contribution in [-0.4, -0.2) is 51.4 Å². The zero-order valence-corrected chi connectivity index (χ0v) is 15.7. The van der Waals surface area contributed by atoms with Gasteiger partial charge in [-0.1, -0.05) is 0 Å². The summed E-state index contributed by atoms with van der Waals surface area (Å²) in [6.07, 6.45) is 5.31. The molecule has 6 nitrogen and oxygen atoms in total. The number of piperidine rings is 2. The number of amides is 1. The van der Waals surface area contributed by atoms with Crippen molar-refractivity contribution in [2.24, 2.45) is 5.92 Å². The molecule has 0 saturated carbocycles. The third-order valence-electron chi connectivity index (χ3n) is 5.93. The predicted molar refractivity (Wildman–Crippen MR) is 98.6 cm³/mol. The summed E-state index contributed by atoms with van der Waals surface area (Å²) in [7, 11) is 0. The topological polar surface area (TPSA) is 65.4 Å². The number of aromatic nitrogens is 2. The van der Waals surface area contributed by atoms with Crippen molar-refractivity contribution in [2.45, 2.75) is 52.1 Å². The number of nitrogens with zero attached hydrogens (tertiary/aromatic N) is 3. The van der Waals surface area contributed by atoms with Gasteiger partial charge < -0.3 is 14.3 Å². The maximum atomic E-state index is 12.5. The number of imidazole rings is 1. The number of fused-ring (bicyclic) bond motifs is 1. The first-order chi connectivity index (χ1) is 12.6. The van der Waals surface area contributed by atoms with E-state index in [1.165, 1.54) is 0 Å². The SMILES string of the molecule is Cc1ccc(CCN2C(=O)CC[C@H]3CN(Cc4nc[nH]c4C)CC[C@H]32)o1. The van der Waals surface area contributed by atoms with E-state index >= 15 is 0 Å². The van der Waals surface area contributed by atoms with Crippen LogP contribution in [0.3, 0.4) is 0 Å². The predicted octanol–water partition coefficient (Wildman–Crippen LogP) is 2.68. The van der Waals surface area contributed by atoms with Crippen molar-refractivity contribution in [3.8, 4) is 0 Å². The first-order valence-electron chi connectivity index (χ1n) is 9.66. The van der Waals surface area contributed by atoms with Crippen LogP contribution in [0.1, 0.15) is 42.2 Å². The Morgan fingerprint density at radius 3 is 2.92 bits per heavy atom. The molecular weight excluding hydrogens is 328 g/mol. The summed E-state index contributed by atoms with van der Waals surface area (Å²) in [5.74, 6) is 2.79. The molecule has 0 radical (unpaired) electrons. The first-order valence-corrected chi connectivity index (χ1v) is 9.66. The molecule has 2 aromatic rings. The normalized spacial score (nSPS) is 24.1. The Morgan fingerprint density at radius 1 is 1.31 bits per heavy atom. The monoisotopic (exact) mass is 356 g/mol. The van der Waals surface area contributed by atoms with E-state index in [9.17, 15) is 4.79 Å². The van der Waals surface area contributed by atoms with Gasteiger partial charge in [0.25, 0.3) is 0 Å². The molecule has 6 heteroatoms. The van der Waals surface area contributed by atoms with E-state index in [0.29, 0.717) is 24.3 Å². The number of rotatable bonds is 5. The number of nitrogens with one attached hydrogen (secondary N) is 1. The van der Waals surface area contributed by atoms with E-state index in [1.807, 2.05) is 19.1 Å².